The molecule has 0 aliphatic heterocycles. The number of fused-ring (bicyclic) bond motifs is 1. The van der Waals surface area contributed by atoms with E-state index in [1.807, 2.05) is 86.6 Å². The summed E-state index contributed by atoms with van der Waals surface area (Å²) in [6, 6.07) is 22.9. The van der Waals surface area contributed by atoms with Gasteiger partial charge in [-0.15, -0.1) is 0 Å². The molecule has 0 saturated heterocycles. The molecule has 0 aliphatic carbocycles. The molecule has 186 valence electrons. The van der Waals surface area contributed by atoms with Crippen LogP contribution in [0.3, 0.4) is 0 Å². The van der Waals surface area contributed by atoms with Crippen LogP contribution in [0.2, 0.25) is 0 Å². The first kappa shape index (κ1) is 23.9. The van der Waals surface area contributed by atoms with Gasteiger partial charge in [0, 0.05) is 16.6 Å². The molecule has 0 bridgehead atoms. The number of carboxylic acid groups (broad SMARTS) is 1. The van der Waals surface area contributed by atoms with Crippen LogP contribution in [0.4, 0.5) is 10.5 Å². The lowest BCUT2D eigenvalue weighted by Gasteiger charge is -2.14. The number of aromatic nitrogens is 2. The molecule has 1 atom stereocenters. The number of carbonyl (C=O) groups excluding carboxylic acids is 1. The molecule has 3 aromatic carbocycles. The number of rotatable bonds is 7. The van der Waals surface area contributed by atoms with Crippen LogP contribution < -0.4 is 5.32 Å². The van der Waals surface area contributed by atoms with Gasteiger partial charge in [-0.05, 0) is 48.2 Å². The largest absolute Gasteiger partial charge is 0.481 e. The summed E-state index contributed by atoms with van der Waals surface area (Å²) in [6.07, 6.45) is 0.382. The van der Waals surface area contributed by atoms with E-state index in [4.69, 9.17) is 14.4 Å². The van der Waals surface area contributed by atoms with E-state index in [9.17, 15) is 9.59 Å². The molecule has 0 radical (unpaired) electrons. The quantitative estimate of drug-likeness (QED) is 0.230. The first-order valence-electron chi connectivity index (χ1n) is 11.8. The van der Waals surface area contributed by atoms with Crippen molar-refractivity contribution in [3.05, 3.63) is 95.8 Å². The summed E-state index contributed by atoms with van der Waals surface area (Å²) in [4.78, 5) is 27.0. The molecule has 0 saturated carbocycles. The number of hydrogen-bond donors (Lipinski definition) is 3. The normalized spacial score (nSPS) is 11.8. The second kappa shape index (κ2) is 10.0. The highest BCUT2D eigenvalue weighted by atomic mass is 16.6. The molecule has 1 unspecified atom stereocenters. The van der Waals surface area contributed by atoms with E-state index in [0.717, 1.165) is 44.4 Å². The van der Waals surface area contributed by atoms with Crippen molar-refractivity contribution in [2.75, 3.05) is 5.32 Å². The smallest absolute Gasteiger partial charge is 0.412 e. The highest BCUT2D eigenvalue weighted by molar-refractivity contribution is 6.05. The van der Waals surface area contributed by atoms with Crippen molar-refractivity contribution in [1.82, 2.24) is 10.1 Å². The third kappa shape index (κ3) is 5.08. The van der Waals surface area contributed by atoms with E-state index in [2.05, 4.69) is 15.5 Å². The minimum atomic E-state index is -0.865. The number of anilines is 1. The van der Waals surface area contributed by atoms with E-state index in [1.165, 1.54) is 6.20 Å². The number of aromatic amines is 1. The Morgan fingerprint density at radius 1 is 1.05 bits per heavy atom. The number of nitrogens with one attached hydrogen (secondary N) is 2. The van der Waals surface area contributed by atoms with Crippen LogP contribution >= 0.6 is 0 Å². The van der Waals surface area contributed by atoms with Crippen molar-refractivity contribution < 1.29 is 24.0 Å². The Bertz CT molecular complexity index is 1570. The molecule has 37 heavy (non-hydrogen) atoms. The summed E-state index contributed by atoms with van der Waals surface area (Å²) in [6.45, 7) is 3.77. The number of amides is 1. The Kier molecular flexibility index (Phi) is 6.47. The monoisotopic (exact) mass is 495 g/mol. The highest BCUT2D eigenvalue weighted by Crippen LogP contribution is 2.38. The van der Waals surface area contributed by atoms with Crippen LogP contribution in [-0.4, -0.2) is 27.3 Å². The van der Waals surface area contributed by atoms with Crippen molar-refractivity contribution in [1.29, 1.82) is 0 Å². The van der Waals surface area contributed by atoms with Gasteiger partial charge in [0.25, 0.3) is 0 Å². The van der Waals surface area contributed by atoms with Crippen LogP contribution in [0, 0.1) is 6.92 Å². The van der Waals surface area contributed by atoms with Gasteiger partial charge in [0.2, 0.25) is 0 Å². The molecule has 0 fully saturated rings. The maximum Gasteiger partial charge on any atom is 0.412 e. The third-order valence-corrected chi connectivity index (χ3v) is 6.15. The Hall–Kier alpha value is -4.85. The fourth-order valence-electron chi connectivity index (χ4n) is 4.39. The summed E-state index contributed by atoms with van der Waals surface area (Å²) in [5.41, 5.74) is 6.47. The van der Waals surface area contributed by atoms with Crippen molar-refractivity contribution >= 4 is 28.7 Å². The van der Waals surface area contributed by atoms with Crippen molar-refractivity contribution in [2.45, 2.75) is 26.4 Å². The lowest BCUT2D eigenvalue weighted by Crippen LogP contribution is -2.16. The number of H-pyrrole nitrogens is 1. The van der Waals surface area contributed by atoms with Crippen LogP contribution in [0.25, 0.3) is 33.4 Å². The van der Waals surface area contributed by atoms with Crippen molar-refractivity contribution in [2.24, 2.45) is 0 Å². The maximum atomic E-state index is 12.6. The fraction of sp³-hybridized carbons (Fsp3) is 0.138. The Morgan fingerprint density at radius 3 is 2.51 bits per heavy atom. The molecular formula is C29H25N3O5. The van der Waals surface area contributed by atoms with E-state index >= 15 is 0 Å². The summed E-state index contributed by atoms with van der Waals surface area (Å²) in [5.74, 6) is -0.463. The van der Waals surface area contributed by atoms with Crippen LogP contribution in [0.15, 0.2) is 83.5 Å². The average molecular weight is 496 g/mol. The van der Waals surface area contributed by atoms with Gasteiger partial charge in [-0.1, -0.05) is 65.8 Å². The molecule has 2 aromatic heterocycles. The summed E-state index contributed by atoms with van der Waals surface area (Å²) < 4.78 is 11.1. The average Bonchev–Trinajstić information content (AvgIpc) is 3.50. The third-order valence-electron chi connectivity index (χ3n) is 6.15. The SMILES string of the molecule is Cc1cc2c(-c3ccc(CC(=O)O)cc3)ccc(-c3oncc3NC(=O)OC(C)c3ccccc3)c2[nH]1. The summed E-state index contributed by atoms with van der Waals surface area (Å²) >= 11 is 0. The van der Waals surface area contributed by atoms with Gasteiger partial charge in [0.15, 0.2) is 5.76 Å². The highest BCUT2D eigenvalue weighted by Gasteiger charge is 2.20. The first-order chi connectivity index (χ1) is 17.9. The maximum absolute atomic E-state index is 12.6. The molecule has 0 spiro atoms. The van der Waals surface area contributed by atoms with Crippen molar-refractivity contribution in [3.63, 3.8) is 0 Å². The summed E-state index contributed by atoms with van der Waals surface area (Å²) in [5, 5.41) is 16.7. The molecule has 3 N–H and O–H groups in total. The molecule has 5 rings (SSSR count). The molecule has 2 heterocycles. The zero-order valence-electron chi connectivity index (χ0n) is 20.3. The lowest BCUT2D eigenvalue weighted by atomic mass is 9.97. The molecule has 5 aromatic rings. The van der Waals surface area contributed by atoms with Crippen LogP contribution in [0.5, 0.6) is 0 Å². The molecule has 8 heteroatoms. The minimum Gasteiger partial charge on any atom is -0.481 e. The van der Waals surface area contributed by atoms with Gasteiger partial charge in [0.1, 0.15) is 11.8 Å². The molecule has 8 nitrogen and oxygen atoms in total. The lowest BCUT2D eigenvalue weighted by molar-refractivity contribution is -0.136. The Balaban J connectivity index is 1.43. The zero-order valence-corrected chi connectivity index (χ0v) is 20.3. The number of aryl methyl sites for hydroxylation is 1. The summed E-state index contributed by atoms with van der Waals surface area (Å²) in [7, 11) is 0. The topological polar surface area (TPSA) is 117 Å². The first-order valence-corrected chi connectivity index (χ1v) is 11.8. The number of aliphatic carboxylic acids is 1. The zero-order chi connectivity index (χ0) is 25.9. The molecular weight excluding hydrogens is 470 g/mol. The van der Waals surface area contributed by atoms with Gasteiger partial charge >= 0.3 is 12.1 Å². The van der Waals surface area contributed by atoms with Gasteiger partial charge in [-0.25, -0.2) is 4.79 Å². The number of hydrogen-bond acceptors (Lipinski definition) is 5. The van der Waals surface area contributed by atoms with E-state index in [1.54, 1.807) is 0 Å². The van der Waals surface area contributed by atoms with Crippen molar-refractivity contribution in [3.8, 4) is 22.5 Å². The Labute approximate surface area is 212 Å². The standard InChI is InChI=1S/C29H25N3O5/c1-17-14-24-22(21-10-8-19(9-11-21)15-26(33)34)12-13-23(27(24)31-17)28-25(16-30-37-28)32-29(35)36-18(2)20-6-4-3-5-7-20/h3-14,16,18,31H,15H2,1-2H3,(H,32,35)(H,33,34). The van der Waals surface area contributed by atoms with E-state index in [0.29, 0.717) is 11.4 Å². The van der Waals surface area contributed by atoms with Gasteiger partial charge in [-0.3, -0.25) is 10.1 Å². The number of benzene rings is 3. The molecule has 0 aliphatic rings. The molecule has 1 amide bonds. The minimum absolute atomic E-state index is 0.0221. The second-order valence-corrected chi connectivity index (χ2v) is 8.82. The van der Waals surface area contributed by atoms with E-state index in [-0.39, 0.29) is 6.42 Å². The number of carbonyl (C=O) groups is 2. The number of nitrogens with zero attached hydrogens (tertiary/aromatic N) is 1. The number of carboxylic acids is 1. The van der Waals surface area contributed by atoms with E-state index < -0.39 is 18.2 Å². The fourth-order valence-corrected chi connectivity index (χ4v) is 4.39. The number of ether oxygens (including phenoxy) is 1. The van der Waals surface area contributed by atoms with Gasteiger partial charge in [0.05, 0.1) is 18.1 Å². The van der Waals surface area contributed by atoms with Gasteiger partial charge < -0.3 is 19.4 Å². The van der Waals surface area contributed by atoms with Gasteiger partial charge in [-0.2, -0.15) is 0 Å². The van der Waals surface area contributed by atoms with Crippen LogP contribution in [-0.2, 0) is 16.0 Å². The van der Waals surface area contributed by atoms with Crippen LogP contribution in [0.1, 0.15) is 29.8 Å². The predicted molar refractivity (Wildman–Crippen MR) is 140 cm³/mol. The second-order valence-electron chi connectivity index (χ2n) is 8.82. The predicted octanol–water partition coefficient (Wildman–Crippen LogP) is 6.74. The Morgan fingerprint density at radius 2 is 1.78 bits per heavy atom.